The minimum Gasteiger partial charge on any atom is -0.497 e. The van der Waals surface area contributed by atoms with Crippen molar-refractivity contribution in [1.82, 2.24) is 5.32 Å². The van der Waals surface area contributed by atoms with Gasteiger partial charge in [0.15, 0.2) is 5.78 Å². The van der Waals surface area contributed by atoms with Crippen molar-refractivity contribution in [3.05, 3.63) is 70.8 Å². The summed E-state index contributed by atoms with van der Waals surface area (Å²) in [6, 6.07) is 14.9. The average molecular weight is 323 g/mol. The smallest absolute Gasteiger partial charge is 0.284 e. The van der Waals surface area contributed by atoms with Gasteiger partial charge in [-0.1, -0.05) is 48.2 Å². The van der Waals surface area contributed by atoms with E-state index in [0.717, 1.165) is 28.6 Å². The van der Waals surface area contributed by atoms with Gasteiger partial charge in [-0.15, -0.1) is 0 Å². The molecule has 1 heterocycles. The largest absolute Gasteiger partial charge is 0.497 e. The molecule has 1 aliphatic heterocycles. The Bertz CT molecular complexity index is 855. The first-order chi connectivity index (χ1) is 11.2. The maximum absolute atomic E-state index is 12.8. The fourth-order valence-corrected chi connectivity index (χ4v) is 4.01. The van der Waals surface area contributed by atoms with Crippen LogP contribution in [0.5, 0.6) is 5.75 Å². The fourth-order valence-electron chi connectivity index (χ4n) is 3.00. The van der Waals surface area contributed by atoms with Crippen molar-refractivity contribution in [1.29, 1.82) is 0 Å². The molecule has 2 aromatic rings. The minimum atomic E-state index is -0.301. The van der Waals surface area contributed by atoms with Gasteiger partial charge in [0.25, 0.3) is 5.24 Å². The molecular formula is C18H13NO3S. The topological polar surface area (TPSA) is 55.4 Å². The zero-order chi connectivity index (χ0) is 16.0. The molecule has 1 aliphatic carbocycles. The van der Waals surface area contributed by atoms with Crippen molar-refractivity contribution in [2.75, 3.05) is 7.11 Å². The van der Waals surface area contributed by atoms with Crippen LogP contribution in [0.2, 0.25) is 0 Å². The summed E-state index contributed by atoms with van der Waals surface area (Å²) in [5.41, 5.74) is 3.67. The number of fused-ring (bicyclic) bond motifs is 2. The van der Waals surface area contributed by atoms with E-state index in [2.05, 4.69) is 5.32 Å². The van der Waals surface area contributed by atoms with Crippen LogP contribution in [0.1, 0.15) is 26.7 Å². The quantitative estimate of drug-likeness (QED) is 0.913. The van der Waals surface area contributed by atoms with Crippen molar-refractivity contribution >= 4 is 28.5 Å². The summed E-state index contributed by atoms with van der Waals surface area (Å²) in [6.45, 7) is 0. The summed E-state index contributed by atoms with van der Waals surface area (Å²) in [7, 11) is 1.61. The first kappa shape index (κ1) is 14.1. The molecule has 0 saturated carbocycles. The molecule has 0 unspecified atom stereocenters. The van der Waals surface area contributed by atoms with E-state index in [-0.39, 0.29) is 16.3 Å². The molecule has 2 aromatic carbocycles. The molecule has 0 radical (unpaired) electrons. The number of rotatable bonds is 2. The van der Waals surface area contributed by atoms with Crippen LogP contribution in [-0.2, 0) is 0 Å². The third kappa shape index (κ3) is 2.16. The van der Waals surface area contributed by atoms with Gasteiger partial charge in [0.05, 0.1) is 18.1 Å². The lowest BCUT2D eigenvalue weighted by atomic mass is 10.0. The van der Waals surface area contributed by atoms with Crippen LogP contribution in [0.4, 0.5) is 4.79 Å². The van der Waals surface area contributed by atoms with Crippen molar-refractivity contribution in [2.45, 2.75) is 5.25 Å². The number of hydrogen-bond donors (Lipinski definition) is 1. The number of methoxy groups -OCH3 is 1. The molecule has 4 rings (SSSR count). The van der Waals surface area contributed by atoms with E-state index >= 15 is 0 Å². The maximum Gasteiger partial charge on any atom is 0.284 e. The minimum absolute atomic E-state index is 0.0103. The summed E-state index contributed by atoms with van der Waals surface area (Å²) in [5, 5.41) is 2.40. The summed E-state index contributed by atoms with van der Waals surface area (Å²) in [5.74, 6) is 0.734. The van der Waals surface area contributed by atoms with E-state index in [4.69, 9.17) is 4.74 Å². The number of carbonyl (C=O) groups excluding carboxylic acids is 2. The highest BCUT2D eigenvalue weighted by Crippen LogP contribution is 2.48. The van der Waals surface area contributed by atoms with Crippen LogP contribution in [-0.4, -0.2) is 18.1 Å². The average Bonchev–Trinajstić information content (AvgIpc) is 2.87. The van der Waals surface area contributed by atoms with Gasteiger partial charge in [0.1, 0.15) is 5.75 Å². The maximum atomic E-state index is 12.8. The van der Waals surface area contributed by atoms with Gasteiger partial charge in [0.2, 0.25) is 0 Å². The number of ether oxygens (including phenoxy) is 1. The molecule has 0 spiro atoms. The molecule has 0 aromatic heterocycles. The summed E-state index contributed by atoms with van der Waals surface area (Å²) in [4.78, 5) is 24.9. The highest BCUT2D eigenvalue weighted by Gasteiger charge is 2.40. The van der Waals surface area contributed by atoms with E-state index in [1.807, 2.05) is 42.5 Å². The number of ketones is 1. The second-order valence-corrected chi connectivity index (χ2v) is 6.42. The Morgan fingerprint density at radius 3 is 2.39 bits per heavy atom. The highest BCUT2D eigenvalue weighted by molar-refractivity contribution is 8.14. The number of hydrogen-bond acceptors (Lipinski definition) is 4. The van der Waals surface area contributed by atoms with Gasteiger partial charge < -0.3 is 10.1 Å². The van der Waals surface area contributed by atoms with Gasteiger partial charge in [-0.25, -0.2) is 0 Å². The van der Waals surface area contributed by atoms with Gasteiger partial charge in [-0.3, -0.25) is 9.59 Å². The van der Waals surface area contributed by atoms with Crippen LogP contribution < -0.4 is 10.1 Å². The van der Waals surface area contributed by atoms with Crippen molar-refractivity contribution < 1.29 is 14.3 Å². The van der Waals surface area contributed by atoms with E-state index in [9.17, 15) is 9.59 Å². The Hall–Kier alpha value is -2.53. The lowest BCUT2D eigenvalue weighted by molar-refractivity contribution is 0.103. The highest BCUT2D eigenvalue weighted by atomic mass is 32.2. The Kier molecular flexibility index (Phi) is 3.23. The zero-order valence-electron chi connectivity index (χ0n) is 12.3. The lowest BCUT2D eigenvalue weighted by Gasteiger charge is -2.24. The Balaban J connectivity index is 1.84. The van der Waals surface area contributed by atoms with E-state index in [1.54, 1.807) is 13.2 Å². The van der Waals surface area contributed by atoms with Gasteiger partial charge >= 0.3 is 0 Å². The molecule has 1 amide bonds. The molecule has 114 valence electrons. The third-order valence-corrected chi connectivity index (χ3v) is 5.15. The molecular weight excluding hydrogens is 310 g/mol. The van der Waals surface area contributed by atoms with Gasteiger partial charge in [-0.05, 0) is 17.7 Å². The molecule has 0 bridgehead atoms. The van der Waals surface area contributed by atoms with Gasteiger partial charge in [0, 0.05) is 16.7 Å². The SMILES string of the molecule is COc1ccc([C@@H]2SC(=O)NC3=C2C(=O)c2ccccc23)cc1. The molecule has 2 aliphatic rings. The van der Waals surface area contributed by atoms with Crippen LogP contribution in [0.15, 0.2) is 54.1 Å². The number of carbonyl (C=O) groups is 2. The lowest BCUT2D eigenvalue weighted by Crippen LogP contribution is -2.25. The zero-order valence-corrected chi connectivity index (χ0v) is 13.1. The summed E-state index contributed by atoms with van der Waals surface area (Å²) < 4.78 is 5.17. The summed E-state index contributed by atoms with van der Waals surface area (Å²) >= 11 is 1.13. The van der Waals surface area contributed by atoms with Crippen LogP contribution in [0.25, 0.3) is 5.70 Å². The Morgan fingerprint density at radius 1 is 1.00 bits per heavy atom. The monoisotopic (exact) mass is 323 g/mol. The number of nitrogens with one attached hydrogen (secondary N) is 1. The van der Waals surface area contributed by atoms with Crippen molar-refractivity contribution in [3.63, 3.8) is 0 Å². The summed E-state index contributed by atoms with van der Waals surface area (Å²) in [6.07, 6.45) is 0. The number of thioether (sulfide) groups is 1. The number of benzene rings is 2. The molecule has 4 nitrogen and oxygen atoms in total. The van der Waals surface area contributed by atoms with Crippen LogP contribution in [0.3, 0.4) is 0 Å². The van der Waals surface area contributed by atoms with E-state index in [1.165, 1.54) is 0 Å². The first-order valence-corrected chi connectivity index (χ1v) is 8.07. The third-order valence-electron chi connectivity index (χ3n) is 4.09. The predicted molar refractivity (Wildman–Crippen MR) is 89.6 cm³/mol. The molecule has 0 saturated heterocycles. The van der Waals surface area contributed by atoms with Crippen molar-refractivity contribution in [3.8, 4) is 5.75 Å². The molecule has 1 N–H and O–H groups in total. The fraction of sp³-hybridized carbons (Fsp3) is 0.111. The Morgan fingerprint density at radius 2 is 1.70 bits per heavy atom. The molecule has 23 heavy (non-hydrogen) atoms. The normalized spacial score (nSPS) is 19.3. The van der Waals surface area contributed by atoms with E-state index < -0.39 is 0 Å². The van der Waals surface area contributed by atoms with Crippen molar-refractivity contribution in [2.24, 2.45) is 0 Å². The standard InChI is InChI=1S/C18H13NO3S/c1-22-11-8-6-10(7-9-11)17-14-15(19-18(21)23-17)12-4-2-3-5-13(12)16(14)20/h2-9,17H,1H3,(H,19,21)/t17-/m0/s1. The van der Waals surface area contributed by atoms with E-state index in [0.29, 0.717) is 16.8 Å². The first-order valence-electron chi connectivity index (χ1n) is 7.19. The molecule has 5 heteroatoms. The molecule has 0 fully saturated rings. The predicted octanol–water partition coefficient (Wildman–Crippen LogP) is 3.80. The second kappa shape index (κ2) is 5.28. The number of Topliss-reactive ketones (excluding diaryl/α,β-unsaturated/α-hetero) is 1. The number of amides is 1. The van der Waals surface area contributed by atoms with Crippen LogP contribution >= 0.6 is 11.8 Å². The second-order valence-electron chi connectivity index (χ2n) is 5.35. The molecule has 1 atom stereocenters. The van der Waals surface area contributed by atoms with Crippen LogP contribution in [0, 0.1) is 0 Å². The Labute approximate surface area is 137 Å². The van der Waals surface area contributed by atoms with Gasteiger partial charge in [-0.2, -0.15) is 0 Å².